The highest BCUT2D eigenvalue weighted by Gasteiger charge is 2.16. The molecule has 1 aliphatic heterocycles. The number of nitrogens with one attached hydrogen (secondary N) is 3. The Morgan fingerprint density at radius 2 is 2.22 bits per heavy atom. The summed E-state index contributed by atoms with van der Waals surface area (Å²) in [6.45, 7) is 5.82. The molecule has 1 saturated heterocycles. The molecule has 1 unspecified atom stereocenters. The number of carbonyl (C=O) groups is 1. The predicted octanol–water partition coefficient (Wildman–Crippen LogP) is 2.92. The third-order valence-electron chi connectivity index (χ3n) is 4.29. The van der Waals surface area contributed by atoms with Crippen molar-refractivity contribution in [3.8, 4) is 0 Å². The van der Waals surface area contributed by atoms with Crippen LogP contribution in [0.5, 0.6) is 0 Å². The molecule has 3 N–H and O–H groups in total. The number of aromatic nitrogens is 1. The van der Waals surface area contributed by atoms with E-state index in [1.807, 2.05) is 11.8 Å². The number of amides is 1. The zero-order chi connectivity index (χ0) is 15.5. The van der Waals surface area contributed by atoms with Gasteiger partial charge in [-0.3, -0.25) is 4.79 Å². The molecule has 1 amide bonds. The molecule has 0 saturated carbocycles. The van der Waals surface area contributed by atoms with Crippen molar-refractivity contribution in [2.24, 2.45) is 0 Å². The van der Waals surface area contributed by atoms with Crippen molar-refractivity contribution in [2.75, 3.05) is 18.1 Å². The van der Waals surface area contributed by atoms with Gasteiger partial charge in [0.25, 0.3) is 0 Å². The summed E-state index contributed by atoms with van der Waals surface area (Å²) in [5, 5.41) is 7.68. The van der Waals surface area contributed by atoms with Crippen molar-refractivity contribution in [3.05, 3.63) is 35.0 Å². The quantitative estimate of drug-likeness (QED) is 0.792. The molecule has 126 valence electrons. The van der Waals surface area contributed by atoms with Crippen LogP contribution in [0.1, 0.15) is 23.2 Å². The second-order valence-electron chi connectivity index (χ2n) is 5.96. The number of carbonyl (C=O) groups excluding carboxylic acids is 1. The van der Waals surface area contributed by atoms with E-state index in [1.54, 1.807) is 0 Å². The van der Waals surface area contributed by atoms with E-state index in [1.165, 1.54) is 16.6 Å². The molecule has 3 rings (SSSR count). The molecule has 23 heavy (non-hydrogen) atoms. The van der Waals surface area contributed by atoms with Gasteiger partial charge in [-0.25, -0.2) is 0 Å². The standard InChI is InChI=1S/C17H23N3OS.ClH/c1-11-12(2)20-16-4-3-13(7-15(11)16)9-19-17(21)8-14-10-22-6-5-18-14;/h3-4,7,14,18,20H,5-6,8-10H2,1-2H3,(H,19,21);1H. The van der Waals surface area contributed by atoms with E-state index in [0.717, 1.165) is 29.1 Å². The largest absolute Gasteiger partial charge is 0.358 e. The van der Waals surface area contributed by atoms with Crippen LogP contribution in [-0.4, -0.2) is 35.0 Å². The van der Waals surface area contributed by atoms with Crippen LogP contribution in [0.25, 0.3) is 10.9 Å². The molecule has 0 radical (unpaired) electrons. The van der Waals surface area contributed by atoms with Crippen LogP contribution in [0, 0.1) is 13.8 Å². The van der Waals surface area contributed by atoms with Gasteiger partial charge in [0, 0.05) is 53.7 Å². The summed E-state index contributed by atoms with van der Waals surface area (Å²) in [7, 11) is 0. The Morgan fingerprint density at radius 1 is 1.39 bits per heavy atom. The number of rotatable bonds is 4. The van der Waals surface area contributed by atoms with E-state index in [9.17, 15) is 4.79 Å². The average molecular weight is 354 g/mol. The fourth-order valence-corrected chi connectivity index (χ4v) is 3.81. The SMILES string of the molecule is Cc1[nH]c2ccc(CNC(=O)CC3CSCCN3)cc2c1C.Cl. The molecule has 1 atom stereocenters. The van der Waals surface area contributed by atoms with Gasteiger partial charge >= 0.3 is 0 Å². The lowest BCUT2D eigenvalue weighted by atomic mass is 10.1. The highest BCUT2D eigenvalue weighted by molar-refractivity contribution is 7.99. The minimum Gasteiger partial charge on any atom is -0.358 e. The molecule has 0 bridgehead atoms. The normalized spacial score (nSPS) is 17.7. The zero-order valence-corrected chi connectivity index (χ0v) is 15.2. The van der Waals surface area contributed by atoms with E-state index >= 15 is 0 Å². The summed E-state index contributed by atoms with van der Waals surface area (Å²) in [6, 6.07) is 6.65. The number of thioether (sulfide) groups is 1. The van der Waals surface area contributed by atoms with Crippen LogP contribution in [0.4, 0.5) is 0 Å². The first-order valence-electron chi connectivity index (χ1n) is 7.79. The summed E-state index contributed by atoms with van der Waals surface area (Å²) in [6.07, 6.45) is 0.567. The summed E-state index contributed by atoms with van der Waals surface area (Å²) >= 11 is 1.92. The van der Waals surface area contributed by atoms with Crippen LogP contribution in [0.15, 0.2) is 18.2 Å². The predicted molar refractivity (Wildman–Crippen MR) is 101 cm³/mol. The number of halogens is 1. The van der Waals surface area contributed by atoms with Gasteiger partial charge in [-0.15, -0.1) is 12.4 Å². The molecule has 2 heterocycles. The van der Waals surface area contributed by atoms with Crippen molar-refractivity contribution >= 4 is 41.0 Å². The molecule has 1 aromatic heterocycles. The topological polar surface area (TPSA) is 56.9 Å². The fraction of sp³-hybridized carbons (Fsp3) is 0.471. The Labute approximate surface area is 147 Å². The molecule has 1 aromatic carbocycles. The van der Waals surface area contributed by atoms with Crippen LogP contribution >= 0.6 is 24.2 Å². The maximum Gasteiger partial charge on any atom is 0.221 e. The molecular weight excluding hydrogens is 330 g/mol. The second-order valence-corrected chi connectivity index (χ2v) is 7.11. The van der Waals surface area contributed by atoms with E-state index in [-0.39, 0.29) is 18.3 Å². The molecule has 0 spiro atoms. The van der Waals surface area contributed by atoms with Crippen LogP contribution in [-0.2, 0) is 11.3 Å². The first kappa shape index (κ1) is 18.2. The van der Waals surface area contributed by atoms with Gasteiger partial charge in [-0.2, -0.15) is 11.8 Å². The van der Waals surface area contributed by atoms with Crippen LogP contribution in [0.3, 0.4) is 0 Å². The summed E-state index contributed by atoms with van der Waals surface area (Å²) in [5.41, 5.74) is 4.80. The van der Waals surface area contributed by atoms with E-state index in [2.05, 4.69) is 47.7 Å². The number of fused-ring (bicyclic) bond motifs is 1. The molecule has 1 fully saturated rings. The fourth-order valence-electron chi connectivity index (χ4n) is 2.87. The monoisotopic (exact) mass is 353 g/mol. The number of aryl methyl sites for hydroxylation is 2. The lowest BCUT2D eigenvalue weighted by Gasteiger charge is -2.22. The van der Waals surface area contributed by atoms with Gasteiger partial charge in [0.1, 0.15) is 0 Å². The Balaban J connectivity index is 0.00000192. The lowest BCUT2D eigenvalue weighted by molar-refractivity contribution is -0.121. The van der Waals surface area contributed by atoms with Gasteiger partial charge in [0.2, 0.25) is 5.91 Å². The molecule has 6 heteroatoms. The van der Waals surface area contributed by atoms with Crippen molar-refractivity contribution in [2.45, 2.75) is 32.9 Å². The maximum atomic E-state index is 12.1. The lowest BCUT2D eigenvalue weighted by Crippen LogP contribution is -2.41. The minimum absolute atomic E-state index is 0. The number of aromatic amines is 1. The number of benzene rings is 1. The van der Waals surface area contributed by atoms with Gasteiger partial charge in [0.15, 0.2) is 0 Å². The van der Waals surface area contributed by atoms with Gasteiger partial charge in [-0.05, 0) is 37.1 Å². The maximum absolute atomic E-state index is 12.1. The minimum atomic E-state index is 0. The van der Waals surface area contributed by atoms with Crippen molar-refractivity contribution in [1.29, 1.82) is 0 Å². The van der Waals surface area contributed by atoms with Gasteiger partial charge < -0.3 is 15.6 Å². The number of H-pyrrole nitrogens is 1. The van der Waals surface area contributed by atoms with E-state index < -0.39 is 0 Å². The zero-order valence-electron chi connectivity index (χ0n) is 13.6. The van der Waals surface area contributed by atoms with Gasteiger partial charge in [0.05, 0.1) is 0 Å². The van der Waals surface area contributed by atoms with Crippen molar-refractivity contribution < 1.29 is 4.79 Å². The van der Waals surface area contributed by atoms with Crippen molar-refractivity contribution in [1.82, 2.24) is 15.6 Å². The van der Waals surface area contributed by atoms with Gasteiger partial charge in [-0.1, -0.05) is 6.07 Å². The number of hydrogen-bond donors (Lipinski definition) is 3. The van der Waals surface area contributed by atoms with Crippen LogP contribution in [0.2, 0.25) is 0 Å². The van der Waals surface area contributed by atoms with E-state index in [4.69, 9.17) is 0 Å². The Bertz CT molecular complexity index is 680. The average Bonchev–Trinajstić information content (AvgIpc) is 2.81. The van der Waals surface area contributed by atoms with E-state index in [0.29, 0.717) is 19.0 Å². The molecule has 0 aliphatic carbocycles. The second kappa shape index (κ2) is 8.08. The molecule has 1 aliphatic rings. The highest BCUT2D eigenvalue weighted by Crippen LogP contribution is 2.22. The first-order valence-corrected chi connectivity index (χ1v) is 8.94. The van der Waals surface area contributed by atoms with Crippen molar-refractivity contribution in [3.63, 3.8) is 0 Å². The first-order chi connectivity index (χ1) is 10.6. The third kappa shape index (κ3) is 4.43. The Hall–Kier alpha value is -1.17. The third-order valence-corrected chi connectivity index (χ3v) is 5.42. The summed E-state index contributed by atoms with van der Waals surface area (Å²) in [4.78, 5) is 15.4. The summed E-state index contributed by atoms with van der Waals surface area (Å²) < 4.78 is 0. The Kier molecular flexibility index (Phi) is 6.39. The number of hydrogen-bond acceptors (Lipinski definition) is 3. The smallest absolute Gasteiger partial charge is 0.221 e. The molecule has 2 aromatic rings. The molecular formula is C17H24ClN3OS. The van der Waals surface area contributed by atoms with Crippen LogP contribution < -0.4 is 10.6 Å². The summed E-state index contributed by atoms with van der Waals surface area (Å²) in [5.74, 6) is 2.30. The Morgan fingerprint density at radius 3 is 2.96 bits per heavy atom. The molecule has 4 nitrogen and oxygen atoms in total. The highest BCUT2D eigenvalue weighted by atomic mass is 35.5.